The Balaban J connectivity index is 2.38. The highest BCUT2D eigenvalue weighted by molar-refractivity contribution is 5.75. The predicted octanol–water partition coefficient (Wildman–Crippen LogP) is 3.32. The average molecular weight is 201 g/mol. The monoisotopic (exact) mass is 201 g/mol. The van der Waals surface area contributed by atoms with Gasteiger partial charge in [0.05, 0.1) is 6.21 Å². The molecule has 0 heterocycles. The molecule has 1 aromatic rings. The van der Waals surface area contributed by atoms with Crippen molar-refractivity contribution in [3.63, 3.8) is 0 Å². The van der Waals surface area contributed by atoms with Crippen LogP contribution in [0.2, 0.25) is 0 Å². The Morgan fingerprint density at radius 2 is 2.00 bits per heavy atom. The fraction of sp³-hybridized carbons (Fsp3) is 0.154. The minimum Gasteiger partial charge on any atom is -0.488 e. The normalized spacial score (nSPS) is 10.2. The van der Waals surface area contributed by atoms with Crippen LogP contribution < -0.4 is 0 Å². The number of ether oxygens (including phenoxy) is 1. The maximum absolute atomic E-state index is 5.39. The van der Waals surface area contributed by atoms with E-state index in [2.05, 4.69) is 18.2 Å². The second-order valence-corrected chi connectivity index (χ2v) is 3.23. The maximum atomic E-state index is 5.39. The molecule has 0 unspecified atom stereocenters. The van der Waals surface area contributed by atoms with E-state index in [1.807, 2.05) is 37.3 Å². The topological polar surface area (TPSA) is 21.6 Å². The Labute approximate surface area is 90.6 Å². The molecule has 0 atom stereocenters. The van der Waals surface area contributed by atoms with Gasteiger partial charge in [0.1, 0.15) is 12.4 Å². The Hall–Kier alpha value is -1.83. The summed E-state index contributed by atoms with van der Waals surface area (Å²) in [7, 11) is 0. The number of hydrogen-bond acceptors (Lipinski definition) is 2. The van der Waals surface area contributed by atoms with Crippen molar-refractivity contribution in [2.75, 3.05) is 0 Å². The molecule has 0 aliphatic heterocycles. The summed E-state index contributed by atoms with van der Waals surface area (Å²) in [4.78, 5) is 3.99. The molecular weight excluding hydrogens is 186 g/mol. The number of hydrogen-bond donors (Lipinski definition) is 0. The van der Waals surface area contributed by atoms with Gasteiger partial charge in [-0.1, -0.05) is 43.5 Å². The van der Waals surface area contributed by atoms with Crippen LogP contribution in [0.4, 0.5) is 0 Å². The third-order valence-corrected chi connectivity index (χ3v) is 1.70. The second kappa shape index (κ2) is 5.81. The van der Waals surface area contributed by atoms with Crippen molar-refractivity contribution >= 4 is 6.21 Å². The summed E-state index contributed by atoms with van der Waals surface area (Å²) in [6, 6.07) is 9.93. The molecule has 15 heavy (non-hydrogen) atoms. The van der Waals surface area contributed by atoms with Crippen LogP contribution in [0.1, 0.15) is 12.5 Å². The summed E-state index contributed by atoms with van der Waals surface area (Å²) in [5.41, 5.74) is 1.85. The average Bonchev–Trinajstić information content (AvgIpc) is 2.25. The molecule has 0 radical (unpaired) electrons. The molecule has 0 N–H and O–H groups in total. The highest BCUT2D eigenvalue weighted by atomic mass is 16.5. The number of allylic oxidation sites excluding steroid dienone is 2. The molecule has 0 aliphatic rings. The summed E-state index contributed by atoms with van der Waals surface area (Å²) in [5.74, 6) is 0.543. The van der Waals surface area contributed by atoms with Gasteiger partial charge >= 0.3 is 0 Å². The van der Waals surface area contributed by atoms with Gasteiger partial charge in [0, 0.05) is 5.70 Å². The molecular formula is C13H15NO. The van der Waals surface area contributed by atoms with Crippen LogP contribution in [0.5, 0.6) is 0 Å². The van der Waals surface area contributed by atoms with Crippen molar-refractivity contribution < 1.29 is 4.74 Å². The lowest BCUT2D eigenvalue weighted by atomic mass is 10.2. The molecule has 0 amide bonds. The molecule has 1 rings (SSSR count). The van der Waals surface area contributed by atoms with E-state index >= 15 is 0 Å². The van der Waals surface area contributed by atoms with Gasteiger partial charge in [-0.3, -0.25) is 4.99 Å². The molecule has 78 valence electrons. The Kier molecular flexibility index (Phi) is 4.35. The zero-order chi connectivity index (χ0) is 11.1. The van der Waals surface area contributed by atoms with Gasteiger partial charge in [-0.05, 0) is 12.5 Å². The van der Waals surface area contributed by atoms with E-state index in [0.29, 0.717) is 12.4 Å². The van der Waals surface area contributed by atoms with E-state index in [0.717, 1.165) is 11.3 Å². The lowest BCUT2D eigenvalue weighted by Crippen LogP contribution is -1.93. The molecule has 0 spiro atoms. The highest BCUT2D eigenvalue weighted by Gasteiger charge is 1.92. The Morgan fingerprint density at radius 3 is 2.60 bits per heavy atom. The first-order valence-corrected chi connectivity index (χ1v) is 4.73. The molecule has 1 aromatic carbocycles. The summed E-state index contributed by atoms with van der Waals surface area (Å²) in [5, 5.41) is 0. The van der Waals surface area contributed by atoms with Crippen molar-refractivity contribution in [3.8, 4) is 0 Å². The van der Waals surface area contributed by atoms with Gasteiger partial charge in [-0.2, -0.15) is 0 Å². The lowest BCUT2D eigenvalue weighted by Gasteiger charge is -2.04. The standard InChI is InChI=1S/C13H15NO/c1-11(2)14-9-12(3)15-10-13-7-5-4-6-8-13/h4-9H,1,3,10H2,2H3. The molecule has 2 nitrogen and oxygen atoms in total. The van der Waals surface area contributed by atoms with Crippen LogP contribution in [-0.2, 0) is 11.3 Å². The third-order valence-electron chi connectivity index (χ3n) is 1.70. The van der Waals surface area contributed by atoms with E-state index < -0.39 is 0 Å². The van der Waals surface area contributed by atoms with Crippen molar-refractivity contribution in [2.24, 2.45) is 4.99 Å². The Bertz CT molecular complexity index is 365. The van der Waals surface area contributed by atoms with E-state index in [1.54, 1.807) is 6.21 Å². The van der Waals surface area contributed by atoms with Crippen LogP contribution in [0.15, 0.2) is 59.9 Å². The first-order valence-electron chi connectivity index (χ1n) is 4.73. The fourth-order valence-corrected chi connectivity index (χ4v) is 0.970. The zero-order valence-corrected chi connectivity index (χ0v) is 8.94. The Morgan fingerprint density at radius 1 is 1.33 bits per heavy atom. The summed E-state index contributed by atoms with van der Waals surface area (Å²) < 4.78 is 5.39. The highest BCUT2D eigenvalue weighted by Crippen LogP contribution is 2.03. The minimum atomic E-state index is 0.516. The third kappa shape index (κ3) is 4.81. The van der Waals surface area contributed by atoms with Gasteiger partial charge in [-0.25, -0.2) is 0 Å². The molecule has 0 aromatic heterocycles. The van der Waals surface area contributed by atoms with Crippen LogP contribution in [0, 0.1) is 0 Å². The number of rotatable bonds is 5. The van der Waals surface area contributed by atoms with Gasteiger partial charge < -0.3 is 4.74 Å². The van der Waals surface area contributed by atoms with Crippen molar-refractivity contribution in [1.29, 1.82) is 0 Å². The smallest absolute Gasteiger partial charge is 0.130 e. The molecule has 0 fully saturated rings. The first kappa shape index (κ1) is 11.2. The van der Waals surface area contributed by atoms with Crippen LogP contribution in [0.3, 0.4) is 0 Å². The summed E-state index contributed by atoms with van der Waals surface area (Å²) in [6.45, 7) is 9.72. The molecule has 0 saturated carbocycles. The number of nitrogens with zero attached hydrogens (tertiary/aromatic N) is 1. The zero-order valence-electron chi connectivity index (χ0n) is 8.94. The van der Waals surface area contributed by atoms with Gasteiger partial charge in [0.2, 0.25) is 0 Å². The van der Waals surface area contributed by atoms with E-state index in [4.69, 9.17) is 4.74 Å². The van der Waals surface area contributed by atoms with E-state index in [-0.39, 0.29) is 0 Å². The largest absolute Gasteiger partial charge is 0.488 e. The van der Waals surface area contributed by atoms with Crippen molar-refractivity contribution in [2.45, 2.75) is 13.5 Å². The van der Waals surface area contributed by atoms with Gasteiger partial charge in [0.15, 0.2) is 0 Å². The van der Waals surface area contributed by atoms with Crippen LogP contribution in [-0.4, -0.2) is 6.21 Å². The van der Waals surface area contributed by atoms with Gasteiger partial charge in [0.25, 0.3) is 0 Å². The first-order chi connectivity index (χ1) is 7.18. The summed E-state index contributed by atoms with van der Waals surface area (Å²) >= 11 is 0. The lowest BCUT2D eigenvalue weighted by molar-refractivity contribution is 0.221. The maximum Gasteiger partial charge on any atom is 0.130 e. The van der Waals surface area contributed by atoms with Crippen LogP contribution >= 0.6 is 0 Å². The summed E-state index contributed by atoms with van der Waals surface area (Å²) in [6.07, 6.45) is 1.57. The van der Waals surface area contributed by atoms with Crippen molar-refractivity contribution in [3.05, 3.63) is 60.5 Å². The molecule has 0 bridgehead atoms. The predicted molar refractivity (Wildman–Crippen MR) is 63.7 cm³/mol. The van der Waals surface area contributed by atoms with Crippen LogP contribution in [0.25, 0.3) is 0 Å². The molecule has 0 saturated heterocycles. The van der Waals surface area contributed by atoms with E-state index in [1.165, 1.54) is 0 Å². The molecule has 2 heteroatoms. The number of benzene rings is 1. The number of aliphatic imine (C=N–C) groups is 1. The minimum absolute atomic E-state index is 0.516. The second-order valence-electron chi connectivity index (χ2n) is 3.23. The quantitative estimate of drug-likeness (QED) is 0.529. The fourth-order valence-electron chi connectivity index (χ4n) is 0.970. The van der Waals surface area contributed by atoms with Gasteiger partial charge in [-0.15, -0.1) is 0 Å². The van der Waals surface area contributed by atoms with Crippen molar-refractivity contribution in [1.82, 2.24) is 0 Å². The molecule has 0 aliphatic carbocycles. The SMILES string of the molecule is C=C(C)N=CC(=C)OCc1ccccc1. The van der Waals surface area contributed by atoms with E-state index in [9.17, 15) is 0 Å².